The number of carbonyl (C=O) groups is 1. The molecular formula is C13H16F3NO2. The summed E-state index contributed by atoms with van der Waals surface area (Å²) in [5.74, 6) is -0.628. The minimum absolute atomic E-state index is 0.132. The molecular weight excluding hydrogens is 259 g/mol. The number of hydrogen-bond donors (Lipinski definition) is 1. The molecule has 0 saturated heterocycles. The van der Waals surface area contributed by atoms with Crippen LogP contribution in [-0.2, 0) is 21.1 Å². The molecule has 1 unspecified atom stereocenters. The van der Waals surface area contributed by atoms with Crippen LogP contribution in [0.4, 0.5) is 13.2 Å². The van der Waals surface area contributed by atoms with E-state index in [2.05, 4.69) is 0 Å². The Morgan fingerprint density at radius 1 is 1.32 bits per heavy atom. The summed E-state index contributed by atoms with van der Waals surface area (Å²) in [4.78, 5) is 11.9. The summed E-state index contributed by atoms with van der Waals surface area (Å²) >= 11 is 0. The van der Waals surface area contributed by atoms with E-state index in [1.807, 2.05) is 0 Å². The summed E-state index contributed by atoms with van der Waals surface area (Å²) in [5.41, 5.74) is 3.65. The lowest BCUT2D eigenvalue weighted by atomic mass is 9.82. The topological polar surface area (TPSA) is 52.3 Å². The van der Waals surface area contributed by atoms with E-state index >= 15 is 0 Å². The number of benzene rings is 1. The third kappa shape index (κ3) is 3.26. The van der Waals surface area contributed by atoms with Gasteiger partial charge < -0.3 is 10.5 Å². The fraction of sp³-hybridized carbons (Fsp3) is 0.462. The zero-order chi connectivity index (χ0) is 14.7. The molecule has 0 fully saturated rings. The van der Waals surface area contributed by atoms with E-state index in [0.29, 0.717) is 0 Å². The Morgan fingerprint density at radius 2 is 1.89 bits per heavy atom. The van der Waals surface area contributed by atoms with Crippen LogP contribution < -0.4 is 5.73 Å². The van der Waals surface area contributed by atoms with Crippen molar-refractivity contribution in [3.05, 3.63) is 35.4 Å². The average Bonchev–Trinajstić information content (AvgIpc) is 2.37. The Balaban J connectivity index is 3.22. The van der Waals surface area contributed by atoms with Crippen molar-refractivity contribution in [3.8, 4) is 0 Å². The summed E-state index contributed by atoms with van der Waals surface area (Å²) < 4.78 is 42.9. The maximum Gasteiger partial charge on any atom is 0.416 e. The zero-order valence-electron chi connectivity index (χ0n) is 10.8. The monoisotopic (exact) mass is 275 g/mol. The number of alkyl halides is 3. The number of ether oxygens (including phenoxy) is 1. The van der Waals surface area contributed by atoms with Crippen LogP contribution >= 0.6 is 0 Å². The fourth-order valence-corrected chi connectivity index (χ4v) is 1.65. The van der Waals surface area contributed by atoms with Crippen molar-refractivity contribution in [1.82, 2.24) is 0 Å². The van der Waals surface area contributed by atoms with Gasteiger partial charge in [0.1, 0.15) is 5.41 Å². The van der Waals surface area contributed by atoms with Crippen LogP contribution in [0.2, 0.25) is 0 Å². The second-order valence-corrected chi connectivity index (χ2v) is 4.34. The van der Waals surface area contributed by atoms with E-state index in [9.17, 15) is 18.0 Å². The van der Waals surface area contributed by atoms with Crippen molar-refractivity contribution in [2.75, 3.05) is 13.2 Å². The van der Waals surface area contributed by atoms with Gasteiger partial charge in [-0.05, 0) is 25.5 Å². The van der Waals surface area contributed by atoms with Crippen molar-refractivity contribution in [2.24, 2.45) is 5.73 Å². The van der Waals surface area contributed by atoms with Crippen molar-refractivity contribution >= 4 is 5.97 Å². The minimum atomic E-state index is -4.46. The molecule has 0 saturated carbocycles. The smallest absolute Gasteiger partial charge is 0.416 e. The van der Waals surface area contributed by atoms with E-state index in [1.54, 1.807) is 6.92 Å². The van der Waals surface area contributed by atoms with Crippen molar-refractivity contribution in [2.45, 2.75) is 25.4 Å². The highest BCUT2D eigenvalue weighted by Crippen LogP contribution is 2.33. The SMILES string of the molecule is CCOC(=O)C(C)(CN)c1cccc(C(F)(F)F)c1. The quantitative estimate of drug-likeness (QED) is 0.859. The first-order valence-electron chi connectivity index (χ1n) is 5.80. The normalized spacial score (nSPS) is 14.8. The third-order valence-corrected chi connectivity index (χ3v) is 2.96. The van der Waals surface area contributed by atoms with Gasteiger partial charge in [0.2, 0.25) is 0 Å². The predicted octanol–water partition coefficient (Wildman–Crippen LogP) is 2.48. The Kier molecular flexibility index (Phi) is 4.57. The first-order valence-corrected chi connectivity index (χ1v) is 5.80. The summed E-state index contributed by atoms with van der Waals surface area (Å²) in [6, 6.07) is 4.58. The maximum absolute atomic E-state index is 12.7. The minimum Gasteiger partial charge on any atom is -0.465 e. The van der Waals surface area contributed by atoms with Crippen LogP contribution in [0.3, 0.4) is 0 Å². The van der Waals surface area contributed by atoms with Gasteiger partial charge in [-0.3, -0.25) is 4.79 Å². The summed E-state index contributed by atoms with van der Waals surface area (Å²) in [6.07, 6.45) is -4.46. The molecule has 0 aliphatic rings. The molecule has 0 bridgehead atoms. The first kappa shape index (κ1) is 15.5. The molecule has 19 heavy (non-hydrogen) atoms. The van der Waals surface area contributed by atoms with E-state index in [1.165, 1.54) is 19.1 Å². The van der Waals surface area contributed by atoms with Crippen LogP contribution in [0.15, 0.2) is 24.3 Å². The van der Waals surface area contributed by atoms with Gasteiger partial charge >= 0.3 is 12.1 Å². The fourth-order valence-electron chi connectivity index (χ4n) is 1.65. The lowest BCUT2D eigenvalue weighted by molar-refractivity contribution is -0.149. The predicted molar refractivity (Wildman–Crippen MR) is 64.5 cm³/mol. The molecule has 0 aliphatic carbocycles. The summed E-state index contributed by atoms with van der Waals surface area (Å²) in [7, 11) is 0. The number of rotatable bonds is 4. The van der Waals surface area contributed by atoms with Gasteiger partial charge in [0.15, 0.2) is 0 Å². The lowest BCUT2D eigenvalue weighted by Crippen LogP contribution is -2.41. The molecule has 6 heteroatoms. The maximum atomic E-state index is 12.7. The van der Waals surface area contributed by atoms with Gasteiger partial charge in [0.05, 0.1) is 12.2 Å². The van der Waals surface area contributed by atoms with Gasteiger partial charge in [0.25, 0.3) is 0 Å². The second kappa shape index (κ2) is 5.61. The Hall–Kier alpha value is -1.56. The Labute approximate surface area is 109 Å². The van der Waals surface area contributed by atoms with Crippen LogP contribution in [0.5, 0.6) is 0 Å². The van der Waals surface area contributed by atoms with Crippen LogP contribution in [0, 0.1) is 0 Å². The second-order valence-electron chi connectivity index (χ2n) is 4.34. The molecule has 1 aromatic rings. The van der Waals surface area contributed by atoms with Crippen molar-refractivity contribution < 1.29 is 22.7 Å². The average molecular weight is 275 g/mol. The molecule has 0 aromatic heterocycles. The number of carbonyl (C=O) groups excluding carboxylic acids is 1. The third-order valence-electron chi connectivity index (χ3n) is 2.96. The number of halogens is 3. The molecule has 106 valence electrons. The van der Waals surface area contributed by atoms with Crippen LogP contribution in [0.25, 0.3) is 0 Å². The van der Waals surface area contributed by atoms with Crippen LogP contribution in [0.1, 0.15) is 25.0 Å². The molecule has 3 nitrogen and oxygen atoms in total. The van der Waals surface area contributed by atoms with Gasteiger partial charge in [-0.15, -0.1) is 0 Å². The molecule has 0 radical (unpaired) electrons. The summed E-state index contributed by atoms with van der Waals surface area (Å²) in [5, 5.41) is 0. The first-order chi connectivity index (χ1) is 8.75. The molecule has 1 atom stereocenters. The lowest BCUT2D eigenvalue weighted by Gasteiger charge is -2.26. The van der Waals surface area contributed by atoms with E-state index in [-0.39, 0.29) is 18.7 Å². The molecule has 0 amide bonds. The van der Waals surface area contributed by atoms with E-state index in [4.69, 9.17) is 10.5 Å². The largest absolute Gasteiger partial charge is 0.465 e. The highest BCUT2D eigenvalue weighted by molar-refractivity contribution is 5.83. The number of nitrogens with two attached hydrogens (primary N) is 1. The molecule has 0 heterocycles. The number of hydrogen-bond acceptors (Lipinski definition) is 3. The molecule has 0 spiro atoms. The van der Waals surface area contributed by atoms with E-state index in [0.717, 1.165) is 12.1 Å². The molecule has 2 N–H and O–H groups in total. The van der Waals surface area contributed by atoms with Gasteiger partial charge in [-0.25, -0.2) is 0 Å². The molecule has 1 aromatic carbocycles. The molecule has 1 rings (SSSR count). The van der Waals surface area contributed by atoms with Crippen molar-refractivity contribution in [3.63, 3.8) is 0 Å². The Morgan fingerprint density at radius 3 is 2.37 bits per heavy atom. The van der Waals surface area contributed by atoms with E-state index < -0.39 is 23.1 Å². The van der Waals surface area contributed by atoms with Crippen LogP contribution in [-0.4, -0.2) is 19.1 Å². The standard InChI is InChI=1S/C13H16F3NO2/c1-3-19-11(18)12(2,8-17)9-5-4-6-10(7-9)13(14,15)16/h4-7H,3,8,17H2,1-2H3. The zero-order valence-corrected chi connectivity index (χ0v) is 10.8. The molecule has 0 aliphatic heterocycles. The Bertz CT molecular complexity index is 459. The number of esters is 1. The highest BCUT2D eigenvalue weighted by Gasteiger charge is 2.38. The van der Waals surface area contributed by atoms with Crippen molar-refractivity contribution in [1.29, 1.82) is 0 Å². The van der Waals surface area contributed by atoms with Gasteiger partial charge in [-0.1, -0.05) is 18.2 Å². The summed E-state index contributed by atoms with van der Waals surface area (Å²) in [6.45, 7) is 3.11. The van der Waals surface area contributed by atoms with Gasteiger partial charge in [0, 0.05) is 6.54 Å². The highest BCUT2D eigenvalue weighted by atomic mass is 19.4. The van der Waals surface area contributed by atoms with Gasteiger partial charge in [-0.2, -0.15) is 13.2 Å².